The van der Waals surface area contributed by atoms with Gasteiger partial charge in [-0.1, -0.05) is 126 Å². The molecule has 1 aromatic heterocycles. The first kappa shape index (κ1) is 31.6. The average Bonchev–Trinajstić information content (AvgIpc) is 3.30. The van der Waals surface area contributed by atoms with Crippen molar-refractivity contribution in [2.45, 2.75) is 41.5 Å². The number of aromatic nitrogens is 2. The van der Waals surface area contributed by atoms with Gasteiger partial charge in [0.1, 0.15) is 0 Å². The molecule has 4 heteroatoms. The third-order valence-corrected chi connectivity index (χ3v) is 10.1. The summed E-state index contributed by atoms with van der Waals surface area (Å²) in [6, 6.07) is 46.7. The Hall–Kier alpha value is -6.78. The van der Waals surface area contributed by atoms with E-state index in [4.69, 9.17) is 15.5 Å². The topological polar surface area (TPSA) is 32.3 Å². The first-order valence-corrected chi connectivity index (χ1v) is 18.9. The van der Waals surface area contributed by atoms with Crippen LogP contribution in [0.5, 0.6) is 0 Å². The molecule has 1 heterocycles. The van der Waals surface area contributed by atoms with E-state index in [1.165, 1.54) is 0 Å². The van der Waals surface area contributed by atoms with Crippen LogP contribution in [0.25, 0.3) is 33.5 Å². The molecule has 7 aromatic carbocycles. The number of nitrogens with zero attached hydrogens (tertiary/aromatic N) is 4. The molecule has 0 saturated heterocycles. The lowest BCUT2D eigenvalue weighted by molar-refractivity contribution is 1.12. The summed E-state index contributed by atoms with van der Waals surface area (Å²) in [7, 11) is 0. The number of hydrogen-bond donors (Lipinski definition) is 0. The number of benzene rings is 7. The van der Waals surface area contributed by atoms with Crippen LogP contribution in [-0.2, 0) is 0 Å². The van der Waals surface area contributed by atoms with E-state index in [1.54, 1.807) is 0 Å². The van der Waals surface area contributed by atoms with Crippen LogP contribution < -0.4 is 9.80 Å². The third-order valence-electron chi connectivity index (χ3n) is 10.1. The highest BCUT2D eigenvalue weighted by Crippen LogP contribution is 2.45. The van der Waals surface area contributed by atoms with Crippen LogP contribution in [0, 0.1) is 41.5 Å². The molecule has 0 N–H and O–H groups in total. The molecule has 0 unspecified atom stereocenters. The molecule has 0 aliphatic heterocycles. The van der Waals surface area contributed by atoms with Crippen LogP contribution in [0.3, 0.4) is 0 Å². The zero-order valence-corrected chi connectivity index (χ0v) is 32.6. The van der Waals surface area contributed by atoms with Gasteiger partial charge < -0.3 is 4.90 Å². The maximum Gasteiger partial charge on any atom is 0.156 e. The summed E-state index contributed by atoms with van der Waals surface area (Å²) in [6.45, 7) is 11.3. The molecule has 8 rings (SSSR count). The standard InChI is InChI=1S/C52H46N4/c1-35-26-37(3)51(38(4)27-35)56(52-39(5)28-36(2)29-40(52)6)47-24-22-46(23-25-47)55(50-34-53-49(33-54-50)43-20-14-9-15-21-43)48-31-44(41-16-10-7-11-17-41)30-45(32-48)42-18-12-8-13-19-42/h7-34H,1-6H3/i26D,27D,28D,29D. The van der Waals surface area contributed by atoms with E-state index >= 15 is 0 Å². The Morgan fingerprint density at radius 3 is 1.21 bits per heavy atom. The molecule has 0 fully saturated rings. The molecule has 0 spiro atoms. The van der Waals surface area contributed by atoms with Crippen molar-refractivity contribution in [3.05, 3.63) is 203 Å². The average molecular weight is 731 g/mol. The van der Waals surface area contributed by atoms with E-state index in [0.717, 1.165) is 72.8 Å². The summed E-state index contributed by atoms with van der Waals surface area (Å²) >= 11 is 0. The summed E-state index contributed by atoms with van der Waals surface area (Å²) in [6.07, 6.45) is 3.63. The van der Waals surface area contributed by atoms with Gasteiger partial charge >= 0.3 is 0 Å². The Morgan fingerprint density at radius 1 is 0.393 bits per heavy atom. The fourth-order valence-corrected chi connectivity index (χ4v) is 7.72. The van der Waals surface area contributed by atoms with Gasteiger partial charge in [-0.15, -0.1) is 0 Å². The van der Waals surface area contributed by atoms with Crippen LogP contribution in [0.4, 0.5) is 34.3 Å². The second-order valence-electron chi connectivity index (χ2n) is 14.3. The van der Waals surface area contributed by atoms with Crippen molar-refractivity contribution >= 4 is 34.3 Å². The van der Waals surface area contributed by atoms with Crippen molar-refractivity contribution in [3.8, 4) is 33.5 Å². The maximum atomic E-state index is 9.04. The molecule has 8 aromatic rings. The predicted molar refractivity (Wildman–Crippen MR) is 236 cm³/mol. The highest BCUT2D eigenvalue weighted by atomic mass is 15.2. The summed E-state index contributed by atoms with van der Waals surface area (Å²) in [5.41, 5.74) is 14.1. The SMILES string of the molecule is [2H]c1c(C)c([2H])c(C)c(N(c2ccc(N(c3cc(-c4ccccc4)cc(-c4ccccc4)c3)c3cnc(-c4ccccc4)cn3)cc2)c2c(C)c([2H])c(C)c([2H])c2C)c1C. The maximum absolute atomic E-state index is 9.04. The third kappa shape index (κ3) is 7.34. The molecular formula is C52H46N4. The first-order chi connectivity index (χ1) is 28.9. The van der Waals surface area contributed by atoms with E-state index in [9.17, 15) is 0 Å². The lowest BCUT2D eigenvalue weighted by atomic mass is 9.97. The molecule has 0 amide bonds. The highest BCUT2D eigenvalue weighted by Gasteiger charge is 2.23. The van der Waals surface area contributed by atoms with Crippen LogP contribution in [-0.4, -0.2) is 9.97 Å². The van der Waals surface area contributed by atoms with Gasteiger partial charge in [0.15, 0.2) is 5.82 Å². The Labute approximate surface area is 337 Å². The molecule has 0 bridgehead atoms. The molecular weight excluding hydrogens is 681 g/mol. The van der Waals surface area contributed by atoms with Gasteiger partial charge in [0, 0.05) is 22.6 Å². The van der Waals surface area contributed by atoms with Crippen LogP contribution in [0.15, 0.2) is 170 Å². The highest BCUT2D eigenvalue weighted by molar-refractivity contribution is 5.87. The molecule has 0 atom stereocenters. The van der Waals surface area contributed by atoms with Crippen molar-refractivity contribution in [1.29, 1.82) is 0 Å². The van der Waals surface area contributed by atoms with E-state index in [2.05, 4.69) is 83.8 Å². The number of anilines is 6. The lowest BCUT2D eigenvalue weighted by Crippen LogP contribution is -2.16. The smallest absolute Gasteiger partial charge is 0.156 e. The first-order valence-electron chi connectivity index (χ1n) is 20.9. The minimum Gasteiger partial charge on any atom is -0.309 e. The fraction of sp³-hybridized carbons (Fsp3) is 0.115. The Kier molecular flexibility index (Phi) is 8.75. The fourth-order valence-electron chi connectivity index (χ4n) is 7.72. The number of hydrogen-bond acceptors (Lipinski definition) is 4. The molecule has 0 radical (unpaired) electrons. The second kappa shape index (κ2) is 15.5. The molecule has 274 valence electrons. The zero-order valence-electron chi connectivity index (χ0n) is 36.6. The lowest BCUT2D eigenvalue weighted by Gasteiger charge is -2.32. The van der Waals surface area contributed by atoms with E-state index < -0.39 is 0 Å². The molecule has 4 nitrogen and oxygen atoms in total. The minimum atomic E-state index is 0.304. The molecule has 0 saturated carbocycles. The quantitative estimate of drug-likeness (QED) is 0.148. The predicted octanol–water partition coefficient (Wildman–Crippen LogP) is 14.3. The van der Waals surface area contributed by atoms with Gasteiger partial charge in [0.25, 0.3) is 0 Å². The largest absolute Gasteiger partial charge is 0.309 e. The summed E-state index contributed by atoms with van der Waals surface area (Å²) in [5, 5.41) is 0. The van der Waals surface area contributed by atoms with Gasteiger partial charge in [-0.05, 0) is 129 Å². The van der Waals surface area contributed by atoms with E-state index in [0.29, 0.717) is 52.5 Å². The van der Waals surface area contributed by atoms with Gasteiger partial charge in [-0.2, -0.15) is 0 Å². The van der Waals surface area contributed by atoms with Gasteiger partial charge in [-0.25, -0.2) is 4.98 Å². The van der Waals surface area contributed by atoms with Crippen molar-refractivity contribution in [3.63, 3.8) is 0 Å². The van der Waals surface area contributed by atoms with Crippen molar-refractivity contribution in [2.75, 3.05) is 9.80 Å². The summed E-state index contributed by atoms with van der Waals surface area (Å²) in [4.78, 5) is 14.1. The second-order valence-corrected chi connectivity index (χ2v) is 14.3. The zero-order chi connectivity index (χ0) is 42.2. The van der Waals surface area contributed by atoms with Crippen molar-refractivity contribution in [2.24, 2.45) is 0 Å². The summed E-state index contributed by atoms with van der Waals surface area (Å²) in [5.74, 6) is 0.634. The molecule has 0 aliphatic rings. The van der Waals surface area contributed by atoms with E-state index in [1.807, 2.05) is 113 Å². The van der Waals surface area contributed by atoms with Crippen LogP contribution in [0.2, 0.25) is 0 Å². The Balaban J connectivity index is 1.35. The van der Waals surface area contributed by atoms with Gasteiger partial charge in [0.05, 0.1) is 34.9 Å². The summed E-state index contributed by atoms with van der Waals surface area (Å²) < 4.78 is 36.1. The minimum absolute atomic E-state index is 0.304. The monoisotopic (exact) mass is 730 g/mol. The Morgan fingerprint density at radius 2 is 0.804 bits per heavy atom. The van der Waals surface area contributed by atoms with Crippen LogP contribution in [0.1, 0.15) is 38.9 Å². The van der Waals surface area contributed by atoms with Crippen LogP contribution >= 0.6 is 0 Å². The van der Waals surface area contributed by atoms with E-state index in [-0.39, 0.29) is 0 Å². The molecule has 0 aliphatic carbocycles. The van der Waals surface area contributed by atoms with Gasteiger partial charge in [-0.3, -0.25) is 9.88 Å². The Bertz CT molecular complexity index is 2660. The normalized spacial score (nSPS) is 12.0. The van der Waals surface area contributed by atoms with Crippen molar-refractivity contribution < 1.29 is 5.48 Å². The van der Waals surface area contributed by atoms with Crippen molar-refractivity contribution in [1.82, 2.24) is 9.97 Å². The van der Waals surface area contributed by atoms with Gasteiger partial charge in [0.2, 0.25) is 0 Å². The number of rotatable bonds is 9. The molecule has 56 heavy (non-hydrogen) atoms.